The molecule has 186 valence electrons. The molecule has 12 nitrogen and oxygen atoms in total. The Balaban J connectivity index is 2.94. The second-order valence-corrected chi connectivity index (χ2v) is 7.73. The molecule has 0 fully saturated rings. The molecule has 0 saturated carbocycles. The van der Waals surface area contributed by atoms with Crippen LogP contribution in [0.1, 0.15) is 33.6 Å². The van der Waals surface area contributed by atoms with Crippen LogP contribution in [-0.4, -0.2) is 58.5 Å². The summed E-state index contributed by atoms with van der Waals surface area (Å²) >= 11 is 0. The number of aromatic nitrogens is 1. The molecule has 0 aromatic carbocycles. The molecule has 34 heavy (non-hydrogen) atoms. The Morgan fingerprint density at radius 3 is 2.41 bits per heavy atom. The van der Waals surface area contributed by atoms with Gasteiger partial charge in [0.05, 0.1) is 7.11 Å². The van der Waals surface area contributed by atoms with Crippen LogP contribution < -0.4 is 21.5 Å². The van der Waals surface area contributed by atoms with Gasteiger partial charge in [-0.3, -0.25) is 19.2 Å². The summed E-state index contributed by atoms with van der Waals surface area (Å²) in [7, 11) is 1.21. The van der Waals surface area contributed by atoms with E-state index in [1.165, 1.54) is 38.4 Å². The Morgan fingerprint density at radius 1 is 1.18 bits per heavy atom. The van der Waals surface area contributed by atoms with Crippen molar-refractivity contribution < 1.29 is 33.8 Å². The average molecular weight is 479 g/mol. The summed E-state index contributed by atoms with van der Waals surface area (Å²) in [5.41, 5.74) is -0.789. The summed E-state index contributed by atoms with van der Waals surface area (Å²) in [5.74, 6) is -3.75. The molecule has 0 aliphatic carbocycles. The summed E-state index contributed by atoms with van der Waals surface area (Å²) in [6.07, 6.45) is 3.91. The van der Waals surface area contributed by atoms with Gasteiger partial charge in [0.25, 0.3) is 5.56 Å². The van der Waals surface area contributed by atoms with Gasteiger partial charge in [0.1, 0.15) is 24.3 Å². The third-order valence-corrected chi connectivity index (χ3v) is 4.61. The number of amides is 3. The van der Waals surface area contributed by atoms with E-state index in [1.807, 2.05) is 0 Å². The number of methoxy groups -OCH3 is 1. The fraction of sp³-hybridized carbons (Fsp3) is 0.455. The maximum absolute atomic E-state index is 12.7. The lowest BCUT2D eigenvalue weighted by Gasteiger charge is -2.20. The number of nitrogens with one attached hydrogen (secondary N) is 3. The number of allylic oxidation sites excluding steroid dienone is 1. The predicted octanol–water partition coefficient (Wildman–Crippen LogP) is 0.0263. The summed E-state index contributed by atoms with van der Waals surface area (Å²) in [6.45, 7) is 4.28. The van der Waals surface area contributed by atoms with Gasteiger partial charge in [-0.05, 0) is 30.9 Å². The van der Waals surface area contributed by atoms with Gasteiger partial charge >= 0.3 is 11.9 Å². The largest absolute Gasteiger partial charge is 0.478 e. The van der Waals surface area contributed by atoms with E-state index >= 15 is 0 Å². The number of hydrogen-bond donors (Lipinski definition) is 4. The van der Waals surface area contributed by atoms with E-state index in [1.54, 1.807) is 13.8 Å². The standard InChI is InChI=1S/C22H30N4O8/c1-13(2)19(22(33)34-4)25-17(28)12-26-11-7-9-16(21(26)32)24-20(31)15(23-14(3)27)8-5-6-10-18(29)30/h6-7,9-11,13,15,19H,5,8,12H2,1-4H3,(H,23,27)(H,24,31)(H,25,28)(H,29,30)/t15?,19-/m0/s1. The Labute approximate surface area is 196 Å². The fourth-order valence-corrected chi connectivity index (χ4v) is 2.94. The van der Waals surface area contributed by atoms with Gasteiger partial charge in [0.2, 0.25) is 17.7 Å². The number of carbonyl (C=O) groups is 5. The Bertz CT molecular complexity index is 999. The van der Waals surface area contributed by atoms with Crippen LogP contribution in [0.2, 0.25) is 0 Å². The van der Waals surface area contributed by atoms with Crippen molar-refractivity contribution in [2.45, 2.75) is 52.2 Å². The van der Waals surface area contributed by atoms with E-state index in [0.717, 1.165) is 10.6 Å². The van der Waals surface area contributed by atoms with E-state index in [-0.39, 0.29) is 24.4 Å². The van der Waals surface area contributed by atoms with E-state index < -0.39 is 53.8 Å². The van der Waals surface area contributed by atoms with Gasteiger partial charge in [-0.2, -0.15) is 0 Å². The number of anilines is 1. The molecule has 1 rings (SSSR count). The monoisotopic (exact) mass is 478 g/mol. The molecule has 0 aliphatic rings. The fourth-order valence-electron chi connectivity index (χ4n) is 2.94. The van der Waals surface area contributed by atoms with Gasteiger partial charge in [0.15, 0.2) is 0 Å². The molecule has 1 aromatic rings. The SMILES string of the molecule is COC(=O)[C@@H](NC(=O)Cn1cccc(NC(=O)C(CCC=CC(=O)O)NC(C)=O)c1=O)C(C)C. The second-order valence-electron chi connectivity index (χ2n) is 7.73. The zero-order valence-electron chi connectivity index (χ0n) is 19.5. The highest BCUT2D eigenvalue weighted by atomic mass is 16.5. The molecule has 1 aromatic heterocycles. The molecule has 2 atom stereocenters. The van der Waals surface area contributed by atoms with Crippen LogP contribution in [-0.2, 0) is 35.3 Å². The first-order valence-electron chi connectivity index (χ1n) is 10.5. The first kappa shape index (κ1) is 28.1. The molecule has 0 aliphatic heterocycles. The van der Waals surface area contributed by atoms with Crippen LogP contribution in [0.4, 0.5) is 5.69 Å². The minimum Gasteiger partial charge on any atom is -0.478 e. The molecular formula is C22H30N4O8. The van der Waals surface area contributed by atoms with Gasteiger partial charge in [-0.25, -0.2) is 9.59 Å². The van der Waals surface area contributed by atoms with Crippen LogP contribution in [0.5, 0.6) is 0 Å². The smallest absolute Gasteiger partial charge is 0.328 e. The van der Waals surface area contributed by atoms with Crippen LogP contribution >= 0.6 is 0 Å². The van der Waals surface area contributed by atoms with Crippen molar-refractivity contribution in [1.82, 2.24) is 15.2 Å². The summed E-state index contributed by atoms with van der Waals surface area (Å²) in [5, 5.41) is 16.0. The number of ether oxygens (including phenoxy) is 1. The molecule has 0 bridgehead atoms. The molecule has 0 radical (unpaired) electrons. The minimum absolute atomic E-state index is 0.0999. The highest BCUT2D eigenvalue weighted by Crippen LogP contribution is 2.06. The van der Waals surface area contributed by atoms with Crippen molar-refractivity contribution in [1.29, 1.82) is 0 Å². The summed E-state index contributed by atoms with van der Waals surface area (Å²) < 4.78 is 5.73. The molecule has 12 heteroatoms. The summed E-state index contributed by atoms with van der Waals surface area (Å²) in [4.78, 5) is 71.6. The van der Waals surface area contributed by atoms with Crippen LogP contribution in [0, 0.1) is 5.92 Å². The van der Waals surface area contributed by atoms with Crippen LogP contribution in [0.25, 0.3) is 0 Å². The average Bonchev–Trinajstić information content (AvgIpc) is 2.75. The zero-order chi connectivity index (χ0) is 25.8. The molecular weight excluding hydrogens is 448 g/mol. The molecule has 1 unspecified atom stereocenters. The van der Waals surface area contributed by atoms with Crippen molar-refractivity contribution in [3.63, 3.8) is 0 Å². The lowest BCUT2D eigenvalue weighted by atomic mass is 10.0. The van der Waals surface area contributed by atoms with Gasteiger partial charge in [-0.1, -0.05) is 19.9 Å². The normalized spacial score (nSPS) is 12.6. The van der Waals surface area contributed by atoms with Crippen molar-refractivity contribution in [3.05, 3.63) is 40.8 Å². The van der Waals surface area contributed by atoms with Gasteiger partial charge in [-0.15, -0.1) is 0 Å². The van der Waals surface area contributed by atoms with Crippen molar-refractivity contribution in [2.24, 2.45) is 5.92 Å². The van der Waals surface area contributed by atoms with Crippen molar-refractivity contribution >= 4 is 35.3 Å². The maximum atomic E-state index is 12.7. The third kappa shape index (κ3) is 9.27. The number of esters is 1. The number of pyridine rings is 1. The second kappa shape index (κ2) is 13.6. The molecule has 0 saturated heterocycles. The van der Waals surface area contributed by atoms with Crippen LogP contribution in [0.3, 0.4) is 0 Å². The van der Waals surface area contributed by atoms with Gasteiger partial charge in [0, 0.05) is 19.2 Å². The number of carboxylic acids is 1. The van der Waals surface area contributed by atoms with Crippen molar-refractivity contribution in [2.75, 3.05) is 12.4 Å². The van der Waals surface area contributed by atoms with E-state index in [0.29, 0.717) is 0 Å². The lowest BCUT2D eigenvalue weighted by molar-refractivity contribution is -0.146. The summed E-state index contributed by atoms with van der Waals surface area (Å²) in [6, 6.07) is 0.895. The topological polar surface area (TPSA) is 173 Å². The van der Waals surface area contributed by atoms with Crippen molar-refractivity contribution in [3.8, 4) is 0 Å². The number of hydrogen-bond acceptors (Lipinski definition) is 7. The number of rotatable bonds is 12. The highest BCUT2D eigenvalue weighted by Gasteiger charge is 2.25. The molecule has 4 N–H and O–H groups in total. The Morgan fingerprint density at radius 2 is 1.85 bits per heavy atom. The first-order chi connectivity index (χ1) is 16.0. The minimum atomic E-state index is -1.14. The zero-order valence-corrected chi connectivity index (χ0v) is 19.5. The van der Waals surface area contributed by atoms with E-state index in [2.05, 4.69) is 20.7 Å². The molecule has 3 amide bonds. The quantitative estimate of drug-likeness (QED) is 0.240. The van der Waals surface area contributed by atoms with Gasteiger partial charge < -0.3 is 30.4 Å². The predicted molar refractivity (Wildman–Crippen MR) is 122 cm³/mol. The highest BCUT2D eigenvalue weighted by molar-refractivity contribution is 5.96. The molecule has 0 spiro atoms. The number of carboxylic acid groups (broad SMARTS) is 1. The Kier molecular flexibility index (Phi) is 11.2. The number of aliphatic carboxylic acids is 1. The molecule has 1 heterocycles. The number of nitrogens with zero attached hydrogens (tertiary/aromatic N) is 1. The van der Waals surface area contributed by atoms with E-state index in [9.17, 15) is 28.8 Å². The first-order valence-corrected chi connectivity index (χ1v) is 10.5. The van der Waals surface area contributed by atoms with E-state index in [4.69, 9.17) is 5.11 Å². The maximum Gasteiger partial charge on any atom is 0.328 e. The number of carbonyl (C=O) groups excluding carboxylic acids is 4. The third-order valence-electron chi connectivity index (χ3n) is 4.61. The van der Waals surface area contributed by atoms with Crippen LogP contribution in [0.15, 0.2) is 35.3 Å². The Hall–Kier alpha value is -3.96. The lowest BCUT2D eigenvalue weighted by Crippen LogP contribution is -2.47.